The zero-order chi connectivity index (χ0) is 26.1. The molecule has 1 fully saturated rings. The predicted octanol–water partition coefficient (Wildman–Crippen LogP) is 3.80. The van der Waals surface area contributed by atoms with Crippen LogP contribution in [0.4, 0.5) is 32.0 Å². The standard InChI is InChI=1S/C21H21F6N3O5/c1-9-14(11-4-5-12(34-19(23)24)15(22)16(11)33-3)17(35-20(9,2)21(25,26)27)18(32)30-10-6-28-13(8-31)29-7-10/h4-7,9,14,17,19,31H,8H2,1-3H3,(H,30,32)/t9-,14-,17+,20+/m0/s1. The number of nitrogens with zero attached hydrogens (tertiary/aromatic N) is 2. The van der Waals surface area contributed by atoms with Gasteiger partial charge >= 0.3 is 12.8 Å². The topological polar surface area (TPSA) is 103 Å². The molecule has 0 bridgehead atoms. The summed E-state index contributed by atoms with van der Waals surface area (Å²) in [6, 6.07) is 1.86. The van der Waals surface area contributed by atoms with Gasteiger partial charge in [0.25, 0.3) is 5.91 Å². The molecule has 0 spiro atoms. The number of halogens is 6. The number of carbonyl (C=O) groups excluding carboxylic acids is 1. The highest BCUT2D eigenvalue weighted by Gasteiger charge is 2.66. The molecular formula is C21H21F6N3O5. The number of rotatable bonds is 7. The first-order valence-corrected chi connectivity index (χ1v) is 10.1. The van der Waals surface area contributed by atoms with Crippen LogP contribution in [-0.4, -0.2) is 52.6 Å². The van der Waals surface area contributed by atoms with Crippen LogP contribution < -0.4 is 14.8 Å². The molecule has 2 N–H and O–H groups in total. The summed E-state index contributed by atoms with van der Waals surface area (Å²) in [7, 11) is 0.993. The normalized spacial score (nSPS) is 24.5. The van der Waals surface area contributed by atoms with Gasteiger partial charge < -0.3 is 24.6 Å². The number of amides is 1. The van der Waals surface area contributed by atoms with E-state index in [4.69, 9.17) is 14.6 Å². The number of ether oxygens (including phenoxy) is 3. The molecule has 14 heteroatoms. The van der Waals surface area contributed by atoms with E-state index in [0.717, 1.165) is 38.6 Å². The number of nitrogens with one attached hydrogen (secondary N) is 1. The number of benzene rings is 1. The Morgan fingerprint density at radius 3 is 2.43 bits per heavy atom. The molecule has 1 amide bonds. The van der Waals surface area contributed by atoms with Crippen molar-refractivity contribution < 1.29 is 50.5 Å². The molecule has 1 saturated heterocycles. The van der Waals surface area contributed by atoms with Gasteiger partial charge in [0.2, 0.25) is 5.82 Å². The van der Waals surface area contributed by atoms with Crippen molar-refractivity contribution in [2.24, 2.45) is 5.92 Å². The molecular weight excluding hydrogens is 488 g/mol. The fourth-order valence-corrected chi connectivity index (χ4v) is 3.95. The second kappa shape index (κ2) is 9.85. The number of methoxy groups -OCH3 is 1. The average Bonchev–Trinajstić information content (AvgIpc) is 3.07. The van der Waals surface area contributed by atoms with E-state index in [1.54, 1.807) is 0 Å². The zero-order valence-electron chi connectivity index (χ0n) is 18.6. The van der Waals surface area contributed by atoms with Gasteiger partial charge in [0, 0.05) is 17.4 Å². The van der Waals surface area contributed by atoms with E-state index < -0.39 is 66.2 Å². The molecule has 35 heavy (non-hydrogen) atoms. The van der Waals surface area contributed by atoms with Crippen molar-refractivity contribution >= 4 is 11.6 Å². The Labute approximate surface area is 195 Å². The third-order valence-corrected chi connectivity index (χ3v) is 5.91. The van der Waals surface area contributed by atoms with Crippen molar-refractivity contribution in [2.75, 3.05) is 12.4 Å². The fraction of sp³-hybridized carbons (Fsp3) is 0.476. The molecule has 0 unspecified atom stereocenters. The smallest absolute Gasteiger partial charge is 0.417 e. The molecule has 8 nitrogen and oxygen atoms in total. The Balaban J connectivity index is 2.06. The summed E-state index contributed by atoms with van der Waals surface area (Å²) in [4.78, 5) is 20.6. The summed E-state index contributed by atoms with van der Waals surface area (Å²) in [5.41, 5.74) is -3.03. The number of aliphatic hydroxyl groups excluding tert-OH is 1. The van der Waals surface area contributed by atoms with Crippen LogP contribution in [0.2, 0.25) is 0 Å². The van der Waals surface area contributed by atoms with E-state index in [-0.39, 0.29) is 17.1 Å². The summed E-state index contributed by atoms with van der Waals surface area (Å²) < 4.78 is 96.4. The number of aromatic nitrogens is 2. The average molecular weight is 509 g/mol. The maximum absolute atomic E-state index is 14.9. The van der Waals surface area contributed by atoms with Gasteiger partial charge in [-0.25, -0.2) is 9.97 Å². The molecule has 4 atom stereocenters. The van der Waals surface area contributed by atoms with E-state index >= 15 is 0 Å². The summed E-state index contributed by atoms with van der Waals surface area (Å²) in [6.45, 7) is -1.90. The Morgan fingerprint density at radius 1 is 1.29 bits per heavy atom. The summed E-state index contributed by atoms with van der Waals surface area (Å²) in [5, 5.41) is 11.4. The lowest BCUT2D eigenvalue weighted by Gasteiger charge is -2.32. The van der Waals surface area contributed by atoms with Crippen molar-refractivity contribution in [3.8, 4) is 11.5 Å². The minimum atomic E-state index is -4.92. The van der Waals surface area contributed by atoms with Gasteiger partial charge in [-0.1, -0.05) is 13.0 Å². The molecule has 2 heterocycles. The second-order valence-corrected chi connectivity index (χ2v) is 7.87. The van der Waals surface area contributed by atoms with Crippen molar-refractivity contribution in [3.05, 3.63) is 41.7 Å². The minimum Gasteiger partial charge on any atom is -0.493 e. The van der Waals surface area contributed by atoms with E-state index in [0.29, 0.717) is 0 Å². The molecule has 0 aliphatic carbocycles. The van der Waals surface area contributed by atoms with E-state index in [1.807, 2.05) is 0 Å². The lowest BCUT2D eigenvalue weighted by Crippen LogP contribution is -2.47. The molecule has 3 rings (SSSR count). The van der Waals surface area contributed by atoms with Gasteiger partial charge in [-0.05, 0) is 13.0 Å². The van der Waals surface area contributed by atoms with Crippen LogP contribution in [0, 0.1) is 11.7 Å². The van der Waals surface area contributed by atoms with Gasteiger partial charge in [-0.3, -0.25) is 4.79 Å². The Hall–Kier alpha value is -3.13. The number of hydrogen-bond acceptors (Lipinski definition) is 7. The molecule has 1 aliphatic heterocycles. The monoisotopic (exact) mass is 509 g/mol. The molecule has 1 aromatic carbocycles. The van der Waals surface area contributed by atoms with Crippen molar-refractivity contribution in [3.63, 3.8) is 0 Å². The number of carbonyl (C=O) groups is 1. The first kappa shape index (κ1) is 26.5. The molecule has 1 aromatic heterocycles. The highest BCUT2D eigenvalue weighted by molar-refractivity contribution is 5.95. The molecule has 0 radical (unpaired) electrons. The quantitative estimate of drug-likeness (QED) is 0.548. The van der Waals surface area contributed by atoms with Crippen LogP contribution in [-0.2, 0) is 16.1 Å². The van der Waals surface area contributed by atoms with E-state index in [9.17, 15) is 31.1 Å². The van der Waals surface area contributed by atoms with Crippen LogP contribution in [0.15, 0.2) is 24.5 Å². The largest absolute Gasteiger partial charge is 0.493 e. The first-order chi connectivity index (χ1) is 16.3. The zero-order valence-corrected chi connectivity index (χ0v) is 18.6. The van der Waals surface area contributed by atoms with Crippen molar-refractivity contribution in [1.82, 2.24) is 9.97 Å². The van der Waals surface area contributed by atoms with E-state index in [2.05, 4.69) is 20.0 Å². The van der Waals surface area contributed by atoms with Gasteiger partial charge in [0.05, 0.1) is 25.2 Å². The number of anilines is 1. The third kappa shape index (κ3) is 4.98. The summed E-state index contributed by atoms with van der Waals surface area (Å²) in [5.74, 6) is -6.75. The van der Waals surface area contributed by atoms with Crippen LogP contribution in [0.25, 0.3) is 0 Å². The minimum absolute atomic E-state index is 0.00152. The Morgan fingerprint density at radius 2 is 1.91 bits per heavy atom. The van der Waals surface area contributed by atoms with Gasteiger partial charge in [-0.2, -0.15) is 26.3 Å². The lowest BCUT2D eigenvalue weighted by atomic mass is 9.77. The first-order valence-electron chi connectivity index (χ1n) is 10.1. The van der Waals surface area contributed by atoms with Gasteiger partial charge in [0.1, 0.15) is 12.7 Å². The Bertz CT molecular complexity index is 1070. The van der Waals surface area contributed by atoms with Gasteiger partial charge in [0.15, 0.2) is 22.9 Å². The molecule has 0 saturated carbocycles. The highest BCUT2D eigenvalue weighted by Crippen LogP contribution is 2.55. The number of hydrogen-bond donors (Lipinski definition) is 2. The van der Waals surface area contributed by atoms with Crippen LogP contribution in [0.1, 0.15) is 31.2 Å². The van der Waals surface area contributed by atoms with E-state index in [1.165, 1.54) is 6.92 Å². The van der Waals surface area contributed by atoms with Crippen LogP contribution in [0.5, 0.6) is 11.5 Å². The maximum atomic E-state index is 14.9. The number of aliphatic hydroxyl groups is 1. The van der Waals surface area contributed by atoms with Crippen molar-refractivity contribution in [2.45, 2.75) is 50.9 Å². The van der Waals surface area contributed by atoms with Gasteiger partial charge in [-0.15, -0.1) is 0 Å². The third-order valence-electron chi connectivity index (χ3n) is 5.91. The van der Waals surface area contributed by atoms with Crippen LogP contribution >= 0.6 is 0 Å². The highest BCUT2D eigenvalue weighted by atomic mass is 19.4. The van der Waals surface area contributed by atoms with Crippen molar-refractivity contribution in [1.29, 1.82) is 0 Å². The molecule has 192 valence electrons. The molecule has 2 aromatic rings. The maximum Gasteiger partial charge on any atom is 0.417 e. The second-order valence-electron chi connectivity index (χ2n) is 7.87. The summed E-state index contributed by atoms with van der Waals surface area (Å²) >= 11 is 0. The Kier molecular flexibility index (Phi) is 7.45. The SMILES string of the molecule is COc1c([C@H]2[C@H](C(=O)Nc3cnc(CO)nc3)O[C@@](C)(C(F)(F)F)[C@H]2C)ccc(OC(F)F)c1F. The predicted molar refractivity (Wildman–Crippen MR) is 107 cm³/mol. The lowest BCUT2D eigenvalue weighted by molar-refractivity contribution is -0.272. The summed E-state index contributed by atoms with van der Waals surface area (Å²) in [6.07, 6.45) is -4.47. The molecule has 1 aliphatic rings. The number of alkyl halides is 5. The van der Waals surface area contributed by atoms with Crippen LogP contribution in [0.3, 0.4) is 0 Å². The fourth-order valence-electron chi connectivity index (χ4n) is 3.95.